The molecule has 366 valence electrons. The Morgan fingerprint density at radius 1 is 0.611 bits per heavy atom. The Balaban J connectivity index is 1.22. The minimum Gasteiger partial charge on any atom is -0.543 e. The zero-order valence-electron chi connectivity index (χ0n) is 42.4. The van der Waals surface area contributed by atoms with E-state index in [0.29, 0.717) is 30.0 Å². The molecule has 0 saturated heterocycles. The van der Waals surface area contributed by atoms with Crippen LogP contribution in [0.4, 0.5) is 11.4 Å². The number of hydrogen-bond acceptors (Lipinski definition) is 15. The quantitative estimate of drug-likeness (QED) is 0.0738. The first-order valence-corrected chi connectivity index (χ1v) is 25.8. The van der Waals surface area contributed by atoms with Gasteiger partial charge in [0.15, 0.2) is 22.7 Å². The molecule has 16 heteroatoms. The van der Waals surface area contributed by atoms with Gasteiger partial charge in [0.25, 0.3) is 0 Å². The Morgan fingerprint density at radius 2 is 0.972 bits per heavy atom. The van der Waals surface area contributed by atoms with Crippen LogP contribution < -0.4 is 14.2 Å². The lowest BCUT2D eigenvalue weighted by Crippen LogP contribution is -2.43. The lowest BCUT2D eigenvalue weighted by Gasteiger charge is -2.36. The minimum absolute atomic E-state index is 0.0228. The maximum Gasteiger partial charge on any atom is 0.338 e. The number of ether oxygens (including phenoxy) is 4. The van der Waals surface area contributed by atoms with E-state index in [1.54, 1.807) is 76.3 Å². The maximum absolute atomic E-state index is 13.6. The molecule has 72 heavy (non-hydrogen) atoms. The molecule has 0 unspecified atom stereocenters. The van der Waals surface area contributed by atoms with Crippen LogP contribution in [-0.4, -0.2) is 71.9 Å². The van der Waals surface area contributed by atoms with E-state index in [2.05, 4.69) is 46.0 Å². The molecule has 0 atom stereocenters. The summed E-state index contributed by atoms with van der Waals surface area (Å²) >= 11 is 0. The smallest absolute Gasteiger partial charge is 0.338 e. The third-order valence-electron chi connectivity index (χ3n) is 12.6. The standard InChI is InChI=1S/C56H56N8O7Si/c1-54(2,3)72(10,11)71-45-29-39(52(65)67-26-24-63(8)43-18-12-37(13-19-43)16-22-48-46(35-61)50(41(31-57)32-58)69-55(48,4)5)28-40(30-45)53(66)68-27-25-64(9)44-20-14-38(15-21-44)17-23-49-47(36-62)51(42(33-59)34-60)70-56(49,6)7/h12-23,28-30H,24-27H2,1-11H3/b22-16+,23-17+. The van der Waals surface area contributed by atoms with Crippen molar-refractivity contribution in [3.05, 3.63) is 146 Å². The summed E-state index contributed by atoms with van der Waals surface area (Å²) in [5.74, 6) is -0.943. The Hall–Kier alpha value is -8.80. The van der Waals surface area contributed by atoms with Gasteiger partial charge in [-0.2, -0.15) is 31.6 Å². The minimum atomic E-state index is -2.41. The van der Waals surface area contributed by atoms with Gasteiger partial charge in [-0.1, -0.05) is 69.3 Å². The van der Waals surface area contributed by atoms with Crippen LogP contribution in [0.1, 0.15) is 80.3 Å². The highest BCUT2D eigenvalue weighted by molar-refractivity contribution is 6.74. The van der Waals surface area contributed by atoms with Crippen LogP contribution in [0.5, 0.6) is 5.75 Å². The van der Waals surface area contributed by atoms with E-state index in [1.807, 2.05) is 84.6 Å². The summed E-state index contributed by atoms with van der Waals surface area (Å²) in [7, 11) is 1.32. The van der Waals surface area contributed by atoms with E-state index in [1.165, 1.54) is 6.07 Å². The second-order valence-corrected chi connectivity index (χ2v) is 24.2. The van der Waals surface area contributed by atoms with Gasteiger partial charge in [0, 0.05) is 36.6 Å². The van der Waals surface area contributed by atoms with Crippen molar-refractivity contribution in [3.8, 4) is 42.2 Å². The molecule has 0 N–H and O–H groups in total. The van der Waals surface area contributed by atoms with Crippen LogP contribution in [0.25, 0.3) is 12.2 Å². The third kappa shape index (κ3) is 12.5. The summed E-state index contributed by atoms with van der Waals surface area (Å²) in [6.45, 7) is 18.3. The molecule has 0 bridgehead atoms. The highest BCUT2D eigenvalue weighted by Crippen LogP contribution is 2.42. The van der Waals surface area contributed by atoms with E-state index in [0.717, 1.165) is 22.5 Å². The summed E-state index contributed by atoms with van der Waals surface area (Å²) < 4.78 is 29.7. The van der Waals surface area contributed by atoms with Crippen molar-refractivity contribution in [2.75, 3.05) is 50.2 Å². The van der Waals surface area contributed by atoms with Crippen LogP contribution in [-0.2, 0) is 18.9 Å². The first-order chi connectivity index (χ1) is 33.9. The molecular weight excluding hydrogens is 925 g/mol. The molecular formula is C56H56N8O7Si. The van der Waals surface area contributed by atoms with Crippen LogP contribution in [0.3, 0.4) is 0 Å². The molecule has 0 aliphatic carbocycles. The number of allylic oxidation sites excluding steroid dienone is 4. The fourth-order valence-electron chi connectivity index (χ4n) is 7.32. The average molecular weight is 981 g/mol. The molecule has 3 aromatic carbocycles. The van der Waals surface area contributed by atoms with Gasteiger partial charge in [0.2, 0.25) is 8.32 Å². The number of nitriles is 6. The number of hydrogen-bond donors (Lipinski definition) is 0. The van der Waals surface area contributed by atoms with E-state index < -0.39 is 31.5 Å². The number of likely N-dealkylation sites (N-methyl/N-ethyl adjacent to an activating group) is 2. The fourth-order valence-corrected chi connectivity index (χ4v) is 8.33. The van der Waals surface area contributed by atoms with Gasteiger partial charge < -0.3 is 33.2 Å². The van der Waals surface area contributed by atoms with Gasteiger partial charge in [-0.15, -0.1) is 0 Å². The molecule has 0 aromatic heterocycles. The molecule has 2 aliphatic rings. The topological polar surface area (TPSA) is 230 Å². The molecule has 0 radical (unpaired) electrons. The van der Waals surface area contributed by atoms with Crippen LogP contribution in [0, 0.1) is 68.0 Å². The van der Waals surface area contributed by atoms with Gasteiger partial charge in [0.05, 0.1) is 24.2 Å². The summed E-state index contributed by atoms with van der Waals surface area (Å²) in [6, 6.07) is 31.1. The van der Waals surface area contributed by atoms with Crippen molar-refractivity contribution < 1.29 is 33.0 Å². The average Bonchev–Trinajstić information content (AvgIpc) is 3.75. The summed E-state index contributed by atoms with van der Waals surface area (Å²) in [6.07, 6.45) is 7.14. The summed E-state index contributed by atoms with van der Waals surface area (Å²) in [4.78, 5) is 31.1. The molecule has 2 heterocycles. The largest absolute Gasteiger partial charge is 0.543 e. The molecule has 15 nitrogen and oxygen atoms in total. The van der Waals surface area contributed by atoms with Crippen LogP contribution in [0.2, 0.25) is 18.1 Å². The van der Waals surface area contributed by atoms with Crippen molar-refractivity contribution in [3.63, 3.8) is 0 Å². The molecule has 0 amide bonds. The number of esters is 2. The molecule has 0 spiro atoms. The Morgan fingerprint density at radius 3 is 1.29 bits per heavy atom. The lowest BCUT2D eigenvalue weighted by molar-refractivity contribution is 0.0513. The van der Waals surface area contributed by atoms with Gasteiger partial charge in [-0.05, 0) is 99.4 Å². The first-order valence-electron chi connectivity index (χ1n) is 22.9. The van der Waals surface area contributed by atoms with Gasteiger partial charge >= 0.3 is 11.9 Å². The predicted molar refractivity (Wildman–Crippen MR) is 274 cm³/mol. The van der Waals surface area contributed by atoms with Crippen LogP contribution >= 0.6 is 0 Å². The van der Waals surface area contributed by atoms with Crippen molar-refractivity contribution in [1.82, 2.24) is 0 Å². The molecule has 5 rings (SSSR count). The van der Waals surface area contributed by atoms with Crippen molar-refractivity contribution in [2.45, 2.75) is 77.8 Å². The predicted octanol–water partition coefficient (Wildman–Crippen LogP) is 10.5. The van der Waals surface area contributed by atoms with E-state index in [-0.39, 0.29) is 63.2 Å². The summed E-state index contributed by atoms with van der Waals surface area (Å²) in [5, 5.41) is 57.0. The SMILES string of the molecule is CN(CCOC(=O)c1cc(O[Si](C)(C)C(C)(C)C)cc(C(=O)OCCN(C)c2ccc(/C=C/C3=C(C#N)C(=C(C#N)C#N)OC3(C)C)cc2)c1)c1ccc(/C=C/C2=C(C#N)C(=C(C#N)C#N)OC2(C)C)cc1. The summed E-state index contributed by atoms with van der Waals surface area (Å²) in [5.41, 5.74) is 2.62. The van der Waals surface area contributed by atoms with Crippen molar-refractivity contribution >= 4 is 43.8 Å². The second kappa shape index (κ2) is 22.3. The number of nitrogens with zero attached hydrogens (tertiary/aromatic N) is 8. The van der Waals surface area contributed by atoms with E-state index >= 15 is 0 Å². The zero-order valence-corrected chi connectivity index (χ0v) is 43.4. The Bertz CT molecular complexity index is 2870. The molecule has 0 fully saturated rings. The van der Waals surface area contributed by atoms with Gasteiger partial charge in [-0.25, -0.2) is 9.59 Å². The highest BCUT2D eigenvalue weighted by Gasteiger charge is 2.41. The Labute approximate surface area is 423 Å². The number of anilines is 2. The number of rotatable bonds is 16. The molecule has 0 saturated carbocycles. The van der Waals surface area contributed by atoms with E-state index in [9.17, 15) is 41.2 Å². The normalized spacial score (nSPS) is 14.7. The van der Waals surface area contributed by atoms with E-state index in [4.69, 9.17) is 23.4 Å². The first kappa shape index (κ1) is 54.1. The van der Waals surface area contributed by atoms with Gasteiger partial charge in [0.1, 0.15) is 77.7 Å². The Kier molecular flexibility index (Phi) is 16.8. The highest BCUT2D eigenvalue weighted by atomic mass is 28.4. The lowest BCUT2D eigenvalue weighted by atomic mass is 9.94. The number of carbonyl (C=O) groups excluding carboxylic acids is 2. The second-order valence-electron chi connectivity index (χ2n) is 19.5. The van der Waals surface area contributed by atoms with Crippen molar-refractivity contribution in [1.29, 1.82) is 31.6 Å². The van der Waals surface area contributed by atoms with Crippen LogP contribution in [0.15, 0.2) is 124 Å². The van der Waals surface area contributed by atoms with Crippen molar-refractivity contribution in [2.24, 2.45) is 0 Å². The number of carbonyl (C=O) groups is 2. The third-order valence-corrected chi connectivity index (χ3v) is 16.9. The fraction of sp³-hybridized carbons (Fsp3) is 0.321. The monoisotopic (exact) mass is 980 g/mol. The maximum atomic E-state index is 13.6. The molecule has 3 aromatic rings. The van der Waals surface area contributed by atoms with Gasteiger partial charge in [-0.3, -0.25) is 0 Å². The molecule has 2 aliphatic heterocycles. The number of benzene rings is 3. The zero-order chi connectivity index (χ0) is 53.2.